The summed E-state index contributed by atoms with van der Waals surface area (Å²) in [5.74, 6) is 0. The Kier molecular flexibility index (Phi) is 1.88. The summed E-state index contributed by atoms with van der Waals surface area (Å²) in [5, 5.41) is 9.91. The summed E-state index contributed by atoms with van der Waals surface area (Å²) < 4.78 is 5.16. The maximum absolute atomic E-state index is 9.91. The van der Waals surface area contributed by atoms with Crippen molar-refractivity contribution >= 4 is 17.8 Å². The second-order valence-electron chi connectivity index (χ2n) is 4.31. The summed E-state index contributed by atoms with van der Waals surface area (Å²) in [5.41, 5.74) is 1.24. The van der Waals surface area contributed by atoms with E-state index in [0.717, 1.165) is 32.1 Å². The molecule has 2 aliphatic carbocycles. The molecule has 0 saturated heterocycles. The first kappa shape index (κ1) is 8.45. The molecule has 2 rings (SSSR count). The Balaban J connectivity index is 2.00. The Bertz CT molecular complexity index is 195. The number of hydrogen-bond acceptors (Lipinski definition) is 3. The molecule has 12 heavy (non-hydrogen) atoms. The lowest BCUT2D eigenvalue weighted by molar-refractivity contribution is 0.0520. The SMILES string of the molecule is OC12CCC(COC=S)(CC1)C2. The van der Waals surface area contributed by atoms with Gasteiger partial charge in [-0.2, -0.15) is 0 Å². The molecule has 2 fully saturated rings. The molecular formula is C9H14O2S. The second kappa shape index (κ2) is 2.67. The van der Waals surface area contributed by atoms with Crippen molar-refractivity contribution in [1.82, 2.24) is 0 Å². The van der Waals surface area contributed by atoms with Gasteiger partial charge in [-0.1, -0.05) is 0 Å². The minimum Gasteiger partial charge on any atom is -0.489 e. The molecule has 0 spiro atoms. The lowest BCUT2D eigenvalue weighted by atomic mass is 9.85. The molecule has 0 aromatic rings. The average Bonchev–Trinajstić information content (AvgIpc) is 2.55. The standard InChI is InChI=1S/C9H14O2S/c10-9-3-1-8(5-9,2-4-9)6-11-7-12/h7,10H,1-6H2. The van der Waals surface area contributed by atoms with Crippen LogP contribution in [0.5, 0.6) is 0 Å². The normalized spacial score (nSPS) is 44.8. The van der Waals surface area contributed by atoms with E-state index in [-0.39, 0.29) is 11.0 Å². The molecule has 0 aromatic heterocycles. The minimum absolute atomic E-state index is 0.254. The highest BCUT2D eigenvalue weighted by atomic mass is 32.1. The molecule has 0 aromatic carbocycles. The summed E-state index contributed by atoms with van der Waals surface area (Å²) >= 11 is 4.62. The van der Waals surface area contributed by atoms with Crippen LogP contribution in [-0.2, 0) is 4.74 Å². The Hall–Kier alpha value is -0.150. The first-order chi connectivity index (χ1) is 5.68. The fraction of sp³-hybridized carbons (Fsp3) is 0.889. The van der Waals surface area contributed by atoms with Gasteiger partial charge in [0.25, 0.3) is 0 Å². The van der Waals surface area contributed by atoms with Crippen molar-refractivity contribution in [3.63, 3.8) is 0 Å². The molecule has 1 N–H and O–H groups in total. The van der Waals surface area contributed by atoms with Crippen LogP contribution in [0.1, 0.15) is 32.1 Å². The Morgan fingerprint density at radius 2 is 2.00 bits per heavy atom. The Labute approximate surface area is 77.9 Å². The van der Waals surface area contributed by atoms with E-state index < -0.39 is 0 Å². The van der Waals surface area contributed by atoms with E-state index in [2.05, 4.69) is 12.2 Å². The largest absolute Gasteiger partial charge is 0.489 e. The molecule has 2 nitrogen and oxygen atoms in total. The monoisotopic (exact) mass is 186 g/mol. The maximum Gasteiger partial charge on any atom is 0.146 e. The summed E-state index contributed by atoms with van der Waals surface area (Å²) in [6.07, 6.45) is 5.03. The van der Waals surface area contributed by atoms with Gasteiger partial charge in [-0.15, -0.1) is 0 Å². The third kappa shape index (κ3) is 1.25. The number of ether oxygens (including phenoxy) is 1. The van der Waals surface area contributed by atoms with Crippen molar-refractivity contribution in [3.05, 3.63) is 0 Å². The van der Waals surface area contributed by atoms with Gasteiger partial charge in [0, 0.05) is 5.41 Å². The van der Waals surface area contributed by atoms with Crippen LogP contribution in [0.2, 0.25) is 0 Å². The number of fused-ring (bicyclic) bond motifs is 2. The highest BCUT2D eigenvalue weighted by molar-refractivity contribution is 7.78. The predicted octanol–water partition coefficient (Wildman–Crippen LogP) is 1.66. The van der Waals surface area contributed by atoms with Crippen LogP contribution in [0, 0.1) is 5.41 Å². The molecule has 3 heteroatoms. The minimum atomic E-state index is -0.356. The van der Waals surface area contributed by atoms with E-state index in [4.69, 9.17) is 4.74 Å². The van der Waals surface area contributed by atoms with Crippen LogP contribution in [0.25, 0.3) is 0 Å². The topological polar surface area (TPSA) is 29.5 Å². The number of thiocarbonyl (C=S) groups is 1. The quantitative estimate of drug-likeness (QED) is 0.680. The van der Waals surface area contributed by atoms with Crippen molar-refractivity contribution in [3.8, 4) is 0 Å². The van der Waals surface area contributed by atoms with Crippen LogP contribution in [-0.4, -0.2) is 22.9 Å². The van der Waals surface area contributed by atoms with Gasteiger partial charge in [0.15, 0.2) is 0 Å². The number of aliphatic hydroxyl groups is 1. The van der Waals surface area contributed by atoms with E-state index in [1.807, 2.05) is 0 Å². The fourth-order valence-electron chi connectivity index (χ4n) is 2.70. The van der Waals surface area contributed by atoms with Gasteiger partial charge in [-0.3, -0.25) is 0 Å². The molecule has 0 atom stereocenters. The smallest absolute Gasteiger partial charge is 0.146 e. The van der Waals surface area contributed by atoms with E-state index in [0.29, 0.717) is 6.61 Å². The van der Waals surface area contributed by atoms with E-state index in [1.54, 1.807) is 0 Å². The molecule has 0 aliphatic heterocycles. The zero-order valence-corrected chi connectivity index (χ0v) is 7.90. The molecule has 0 radical (unpaired) electrons. The maximum atomic E-state index is 9.91. The van der Waals surface area contributed by atoms with Gasteiger partial charge in [0.1, 0.15) is 5.55 Å². The third-order valence-corrected chi connectivity index (χ3v) is 3.54. The van der Waals surface area contributed by atoms with Crippen molar-refractivity contribution in [1.29, 1.82) is 0 Å². The van der Waals surface area contributed by atoms with Crippen LogP contribution in [0.3, 0.4) is 0 Å². The zero-order chi connectivity index (χ0) is 8.66. The lowest BCUT2D eigenvalue weighted by Crippen LogP contribution is -2.21. The van der Waals surface area contributed by atoms with Crippen molar-refractivity contribution in [2.75, 3.05) is 6.61 Å². The first-order valence-electron chi connectivity index (χ1n) is 4.46. The molecule has 2 bridgehead atoms. The number of rotatable bonds is 3. The average molecular weight is 186 g/mol. The molecular weight excluding hydrogens is 172 g/mol. The summed E-state index contributed by atoms with van der Waals surface area (Å²) in [4.78, 5) is 0. The van der Waals surface area contributed by atoms with Crippen molar-refractivity contribution in [2.24, 2.45) is 5.41 Å². The van der Waals surface area contributed by atoms with E-state index in [1.165, 1.54) is 5.55 Å². The summed E-state index contributed by atoms with van der Waals surface area (Å²) in [6.45, 7) is 0.707. The highest BCUT2D eigenvalue weighted by Gasteiger charge is 2.53. The second-order valence-corrected chi connectivity index (χ2v) is 4.50. The van der Waals surface area contributed by atoms with Crippen LogP contribution >= 0.6 is 12.2 Å². The first-order valence-corrected chi connectivity index (χ1v) is 4.93. The molecule has 0 amide bonds. The molecule has 0 heterocycles. The van der Waals surface area contributed by atoms with Crippen LogP contribution in [0.15, 0.2) is 0 Å². The van der Waals surface area contributed by atoms with Gasteiger partial charge in [-0.25, -0.2) is 0 Å². The van der Waals surface area contributed by atoms with Crippen LogP contribution < -0.4 is 0 Å². The van der Waals surface area contributed by atoms with Gasteiger partial charge in [0.2, 0.25) is 0 Å². The number of hydrogen-bond donors (Lipinski definition) is 1. The Morgan fingerprint density at radius 1 is 1.33 bits per heavy atom. The molecule has 0 unspecified atom stereocenters. The zero-order valence-electron chi connectivity index (χ0n) is 7.08. The molecule has 2 aliphatic rings. The molecule has 68 valence electrons. The predicted molar refractivity (Wildman–Crippen MR) is 50.1 cm³/mol. The van der Waals surface area contributed by atoms with E-state index >= 15 is 0 Å². The van der Waals surface area contributed by atoms with Gasteiger partial charge >= 0.3 is 0 Å². The fourth-order valence-corrected chi connectivity index (χ4v) is 2.77. The van der Waals surface area contributed by atoms with Gasteiger partial charge < -0.3 is 9.84 Å². The summed E-state index contributed by atoms with van der Waals surface area (Å²) in [6, 6.07) is 0. The van der Waals surface area contributed by atoms with E-state index in [9.17, 15) is 5.11 Å². The lowest BCUT2D eigenvalue weighted by Gasteiger charge is -2.24. The van der Waals surface area contributed by atoms with Gasteiger partial charge in [0.05, 0.1) is 12.2 Å². The highest BCUT2D eigenvalue weighted by Crippen LogP contribution is 2.56. The Morgan fingerprint density at radius 3 is 2.42 bits per heavy atom. The van der Waals surface area contributed by atoms with Gasteiger partial charge in [-0.05, 0) is 44.3 Å². The third-order valence-electron chi connectivity index (χ3n) is 3.40. The molecule has 2 saturated carbocycles. The van der Waals surface area contributed by atoms with Crippen molar-refractivity contribution < 1.29 is 9.84 Å². The van der Waals surface area contributed by atoms with Crippen LogP contribution in [0.4, 0.5) is 0 Å². The van der Waals surface area contributed by atoms with Crippen molar-refractivity contribution in [2.45, 2.75) is 37.7 Å². The summed E-state index contributed by atoms with van der Waals surface area (Å²) in [7, 11) is 0.